The lowest BCUT2D eigenvalue weighted by molar-refractivity contribution is 0.190. The third-order valence-corrected chi connectivity index (χ3v) is 5.49. The van der Waals surface area contributed by atoms with Crippen molar-refractivity contribution in [2.45, 2.75) is 52.2 Å². The van der Waals surface area contributed by atoms with Crippen LogP contribution in [-0.2, 0) is 0 Å². The van der Waals surface area contributed by atoms with Gasteiger partial charge in [-0.1, -0.05) is 0 Å². The molecular weight excluding hydrogens is 558 g/mol. The van der Waals surface area contributed by atoms with E-state index in [1.807, 2.05) is 0 Å². The van der Waals surface area contributed by atoms with Gasteiger partial charge >= 0.3 is 12.1 Å². The summed E-state index contributed by atoms with van der Waals surface area (Å²) < 4.78 is 0. The maximum Gasteiger partial charge on any atom is 0.321 e. The number of aliphatic hydroxyl groups is 1. The molecule has 3 heterocycles. The molecule has 0 aliphatic carbocycles. The van der Waals surface area contributed by atoms with Gasteiger partial charge in [0.05, 0.1) is 0 Å². The molecule has 0 bridgehead atoms. The average molecular weight is 592 g/mol. The van der Waals surface area contributed by atoms with E-state index in [2.05, 4.69) is 66.8 Å². The molecule has 4 amide bonds. The molecule has 3 rings (SSSR count). The number of aromatic nitrogens is 5. The molecule has 0 aromatic carbocycles. The lowest BCUT2D eigenvalue weighted by Crippen LogP contribution is -2.41. The van der Waals surface area contributed by atoms with Crippen molar-refractivity contribution >= 4 is 53.2 Å². The van der Waals surface area contributed by atoms with E-state index < -0.39 is 18.3 Å². The fourth-order valence-electron chi connectivity index (χ4n) is 3.51. The molecule has 0 fully saturated rings. The molecule has 1 unspecified atom stereocenters. The van der Waals surface area contributed by atoms with Gasteiger partial charge in [-0.2, -0.15) is 15.0 Å². The van der Waals surface area contributed by atoms with Gasteiger partial charge in [0.1, 0.15) is 0 Å². The minimum atomic E-state index is -0.894. The van der Waals surface area contributed by atoms with Crippen LogP contribution in [0.5, 0.6) is 0 Å². The number of rotatable bonds is 13. The van der Waals surface area contributed by atoms with Crippen molar-refractivity contribution in [2.75, 3.05) is 42.1 Å². The Morgan fingerprint density at radius 1 is 0.927 bits per heavy atom. The number of aromatic amines is 1. The molecule has 0 saturated heterocycles. The normalized spacial score (nSPS) is 14.4. The second kappa shape index (κ2) is 16.0. The highest BCUT2D eigenvalue weighted by molar-refractivity contribution is 6.28. The van der Waals surface area contributed by atoms with Crippen molar-refractivity contribution in [1.82, 2.24) is 40.9 Å². The Morgan fingerprint density at radius 3 is 2.10 bits per heavy atom. The van der Waals surface area contributed by atoms with E-state index in [1.54, 1.807) is 13.8 Å². The Labute approximate surface area is 240 Å². The van der Waals surface area contributed by atoms with Crippen molar-refractivity contribution in [3.63, 3.8) is 0 Å². The van der Waals surface area contributed by atoms with Crippen LogP contribution < -0.4 is 37.5 Å². The third kappa shape index (κ3) is 12.1. The van der Waals surface area contributed by atoms with E-state index in [-0.39, 0.29) is 22.8 Å². The van der Waals surface area contributed by atoms with Crippen molar-refractivity contribution in [1.29, 1.82) is 0 Å². The number of carbonyl (C=O) groups excluding carboxylic acids is 2. The Kier molecular flexibility index (Phi) is 12.2. The van der Waals surface area contributed by atoms with Crippen LogP contribution in [0.2, 0.25) is 5.28 Å². The van der Waals surface area contributed by atoms with Crippen molar-refractivity contribution < 1.29 is 14.7 Å². The van der Waals surface area contributed by atoms with Gasteiger partial charge in [-0.3, -0.25) is 20.4 Å². The number of anilines is 3. The minimum absolute atomic E-state index is 0.0399. The number of nitrogens with zero attached hydrogens (tertiary/aromatic N) is 6. The maximum atomic E-state index is 12.0. The van der Waals surface area contributed by atoms with Crippen LogP contribution in [0.25, 0.3) is 0 Å². The Hall–Kier alpha value is -4.38. The number of nitrogens with one attached hydrogen (secondary N) is 7. The zero-order chi connectivity index (χ0) is 29.6. The molecule has 0 saturated carbocycles. The monoisotopic (exact) mass is 591 g/mol. The molecule has 1 atom stereocenters. The van der Waals surface area contributed by atoms with Crippen LogP contribution in [0.3, 0.4) is 0 Å². The van der Waals surface area contributed by atoms with Gasteiger partial charge in [0, 0.05) is 50.1 Å². The summed E-state index contributed by atoms with van der Waals surface area (Å²) in [7, 11) is 0. The predicted molar refractivity (Wildman–Crippen MR) is 155 cm³/mol. The molecular formula is C23H34ClN13O4. The number of hydrogen-bond acceptors (Lipinski definition) is 12. The Morgan fingerprint density at radius 2 is 1.51 bits per heavy atom. The molecule has 1 aliphatic heterocycles. The number of hydrogen-bond donors (Lipinski definition) is 8. The molecule has 222 valence electrons. The lowest BCUT2D eigenvalue weighted by atomic mass is 10.2. The molecule has 2 aromatic rings. The first-order chi connectivity index (χ1) is 19.7. The summed E-state index contributed by atoms with van der Waals surface area (Å²) in [6, 6.07) is 0.419. The summed E-state index contributed by atoms with van der Waals surface area (Å²) in [5, 5.41) is 26.2. The van der Waals surface area contributed by atoms with Gasteiger partial charge in [0.2, 0.25) is 29.1 Å². The number of carbonyl (C=O) groups is 2. The molecule has 8 N–H and O–H groups in total. The van der Waals surface area contributed by atoms with Crippen LogP contribution in [0.15, 0.2) is 20.8 Å². The van der Waals surface area contributed by atoms with Gasteiger partial charge < -0.3 is 26.4 Å². The van der Waals surface area contributed by atoms with Crippen LogP contribution in [-0.4, -0.2) is 86.2 Å². The smallest absolute Gasteiger partial charge is 0.321 e. The first-order valence-corrected chi connectivity index (χ1v) is 13.4. The zero-order valence-electron chi connectivity index (χ0n) is 22.8. The largest absolute Gasteiger partial charge is 0.371 e. The number of amides is 4. The van der Waals surface area contributed by atoms with Gasteiger partial charge in [-0.05, 0) is 51.1 Å². The van der Waals surface area contributed by atoms with Crippen molar-refractivity contribution in [3.05, 3.63) is 27.4 Å². The van der Waals surface area contributed by atoms with E-state index in [0.29, 0.717) is 75.2 Å². The predicted octanol–water partition coefficient (Wildman–Crippen LogP) is 0.961. The summed E-state index contributed by atoms with van der Waals surface area (Å²) >= 11 is 6.02. The summed E-state index contributed by atoms with van der Waals surface area (Å²) in [6.45, 7) is 5.34. The highest BCUT2D eigenvalue weighted by Gasteiger charge is 2.14. The Bertz CT molecular complexity index is 1320. The molecule has 18 heteroatoms. The van der Waals surface area contributed by atoms with E-state index in [9.17, 15) is 19.5 Å². The fraction of sp³-hybridized carbons (Fsp3) is 0.522. The SMILES string of the molecule is CC1=NC(NC(=O)NCCCCNc2nc(Cl)nc(NCCCCNC(=O)Nc3nc(C)cc(=O)[nH]3)n2)=NC(O)C1. The Balaban J connectivity index is 1.26. The molecule has 0 radical (unpaired) electrons. The van der Waals surface area contributed by atoms with Crippen molar-refractivity contribution in [3.8, 4) is 0 Å². The molecule has 2 aromatic heterocycles. The second-order valence-corrected chi connectivity index (χ2v) is 9.34. The standard InChI is InChI=1S/C23H34ClN13O4/c1-13-11-15(38)31-20(29-13)36-22(40)27-9-5-3-7-25-18-33-17(24)34-19(35-18)26-8-4-6-10-28-23(41)37-21-30-14(2)12-16(39)32-21/h11,16,39H,3-10,12H2,1-2H3,(H2,28,32,37,41)(H2,25,26,33,34,35)(H3,27,29,31,36,38,40). The quantitative estimate of drug-likeness (QED) is 0.153. The number of aliphatic imine (C=N–C) groups is 2. The highest BCUT2D eigenvalue weighted by atomic mass is 35.5. The van der Waals surface area contributed by atoms with E-state index in [1.165, 1.54) is 6.07 Å². The van der Waals surface area contributed by atoms with Gasteiger partial charge in [-0.15, -0.1) is 0 Å². The highest BCUT2D eigenvalue weighted by Crippen LogP contribution is 2.10. The average Bonchev–Trinajstić information content (AvgIpc) is 2.86. The number of unbranched alkanes of at least 4 members (excludes halogenated alkanes) is 2. The van der Waals surface area contributed by atoms with Gasteiger partial charge in [-0.25, -0.2) is 24.6 Å². The number of aliphatic hydroxyl groups excluding tert-OH is 1. The maximum absolute atomic E-state index is 12.0. The van der Waals surface area contributed by atoms with Crippen LogP contribution >= 0.6 is 11.6 Å². The van der Waals surface area contributed by atoms with E-state index in [0.717, 1.165) is 6.42 Å². The van der Waals surface area contributed by atoms with Crippen molar-refractivity contribution in [2.24, 2.45) is 9.98 Å². The number of H-pyrrole nitrogens is 1. The molecule has 17 nitrogen and oxygen atoms in total. The molecule has 0 spiro atoms. The van der Waals surface area contributed by atoms with Crippen LogP contribution in [0.4, 0.5) is 27.4 Å². The summed E-state index contributed by atoms with van der Waals surface area (Å²) in [5.74, 6) is 0.816. The zero-order valence-corrected chi connectivity index (χ0v) is 23.5. The molecule has 1 aliphatic rings. The van der Waals surface area contributed by atoms with Crippen LogP contribution in [0, 0.1) is 6.92 Å². The summed E-state index contributed by atoms with van der Waals surface area (Å²) in [4.78, 5) is 62.2. The molecule has 41 heavy (non-hydrogen) atoms. The van der Waals surface area contributed by atoms with E-state index >= 15 is 0 Å². The minimum Gasteiger partial charge on any atom is -0.371 e. The van der Waals surface area contributed by atoms with E-state index in [4.69, 9.17) is 11.6 Å². The first-order valence-electron chi connectivity index (χ1n) is 13.0. The topological polar surface area (TPSA) is 236 Å². The van der Waals surface area contributed by atoms with Gasteiger partial charge in [0.25, 0.3) is 5.56 Å². The second-order valence-electron chi connectivity index (χ2n) is 9.00. The number of urea groups is 2. The third-order valence-electron chi connectivity index (χ3n) is 5.33. The fourth-order valence-corrected chi connectivity index (χ4v) is 3.67. The van der Waals surface area contributed by atoms with Crippen LogP contribution in [0.1, 0.15) is 44.7 Å². The lowest BCUT2D eigenvalue weighted by Gasteiger charge is -2.14. The number of aryl methyl sites for hydroxylation is 1. The summed E-state index contributed by atoms with van der Waals surface area (Å²) in [5.41, 5.74) is 0.851. The van der Waals surface area contributed by atoms with Gasteiger partial charge in [0.15, 0.2) is 6.23 Å². The number of guanidine groups is 1. The first kappa shape index (κ1) is 31.2. The summed E-state index contributed by atoms with van der Waals surface area (Å²) in [6.07, 6.45) is 2.26. The number of halogens is 1.